The highest BCUT2D eigenvalue weighted by atomic mass is 32.2. The van der Waals surface area contributed by atoms with Crippen molar-refractivity contribution in [2.45, 2.75) is 20.3 Å². The van der Waals surface area contributed by atoms with Crippen molar-refractivity contribution >= 4 is 40.3 Å². The predicted octanol–water partition coefficient (Wildman–Crippen LogP) is 4.64. The van der Waals surface area contributed by atoms with Crippen LogP contribution >= 0.6 is 24.0 Å². The summed E-state index contributed by atoms with van der Waals surface area (Å²) < 4.78 is 12.0. The number of ether oxygens (including phenoxy) is 2. The molecule has 1 aliphatic heterocycles. The Morgan fingerprint density at radius 3 is 2.30 bits per heavy atom. The van der Waals surface area contributed by atoms with E-state index in [2.05, 4.69) is 31.3 Å². The van der Waals surface area contributed by atoms with Gasteiger partial charge >= 0.3 is 0 Å². The summed E-state index contributed by atoms with van der Waals surface area (Å²) in [6.45, 7) is 5.36. The summed E-state index contributed by atoms with van der Waals surface area (Å²) in [4.78, 5) is 12.3. The second-order valence-corrected chi connectivity index (χ2v) is 7.94. The van der Waals surface area contributed by atoms with E-state index in [0.29, 0.717) is 22.4 Å². The first-order valence-corrected chi connectivity index (χ1v) is 9.91. The highest BCUT2D eigenvalue weighted by Gasteiger charge is 2.21. The zero-order valence-electron chi connectivity index (χ0n) is 15.3. The van der Waals surface area contributed by atoms with Gasteiger partial charge in [-0.2, -0.15) is 0 Å². The van der Waals surface area contributed by atoms with Crippen LogP contribution in [-0.2, 0) is 4.79 Å². The Hall–Kier alpha value is -2.31. The first-order chi connectivity index (χ1) is 13.0. The molecule has 3 rings (SSSR count). The lowest BCUT2D eigenvalue weighted by Gasteiger charge is -2.09. The first-order valence-electron chi connectivity index (χ1n) is 8.69. The number of carbonyl (C=O) groups is 1. The summed E-state index contributed by atoms with van der Waals surface area (Å²) in [7, 11) is 0. The molecule has 0 bridgehead atoms. The van der Waals surface area contributed by atoms with E-state index >= 15 is 0 Å². The summed E-state index contributed by atoms with van der Waals surface area (Å²) in [5.41, 5.74) is 3.43. The van der Waals surface area contributed by atoms with Crippen LogP contribution in [0.15, 0.2) is 47.4 Å². The molecule has 2 aromatic carbocycles. The molecule has 27 heavy (non-hydrogen) atoms. The predicted molar refractivity (Wildman–Crippen MR) is 114 cm³/mol. The van der Waals surface area contributed by atoms with E-state index in [4.69, 9.17) is 21.7 Å². The van der Waals surface area contributed by atoms with E-state index in [9.17, 15) is 4.79 Å². The van der Waals surface area contributed by atoms with Gasteiger partial charge in [0.05, 0.1) is 18.1 Å². The Bertz CT molecular complexity index is 875. The number of thiocarbonyl (C=S) groups is 1. The van der Waals surface area contributed by atoms with Crippen molar-refractivity contribution in [3.05, 3.63) is 64.1 Å². The number of thioether (sulfide) groups is 1. The molecule has 1 saturated heterocycles. The summed E-state index contributed by atoms with van der Waals surface area (Å²) >= 11 is 6.26. The molecule has 1 heterocycles. The second-order valence-electron chi connectivity index (χ2n) is 6.22. The number of benzene rings is 2. The van der Waals surface area contributed by atoms with Crippen LogP contribution in [0.1, 0.15) is 23.1 Å². The normalized spacial score (nSPS) is 15.1. The minimum Gasteiger partial charge on any atom is -0.493 e. The fourth-order valence-corrected chi connectivity index (χ4v) is 3.52. The third-order valence-electron chi connectivity index (χ3n) is 4.12. The number of aryl methyl sites for hydroxylation is 2. The molecule has 4 nitrogen and oxygen atoms in total. The molecule has 2 aromatic rings. The number of rotatable bonds is 7. The van der Waals surface area contributed by atoms with Crippen molar-refractivity contribution in [1.29, 1.82) is 0 Å². The van der Waals surface area contributed by atoms with Crippen LogP contribution in [0.3, 0.4) is 0 Å². The SMILES string of the molecule is Cc1ccc(OCCCOc2ccc(/C=C3\SC(=S)NC3=O)cc2)cc1C. The highest BCUT2D eigenvalue weighted by molar-refractivity contribution is 8.26. The molecule has 0 aliphatic carbocycles. The molecule has 1 N–H and O–H groups in total. The van der Waals surface area contributed by atoms with Crippen molar-refractivity contribution in [2.75, 3.05) is 13.2 Å². The molecule has 140 valence electrons. The van der Waals surface area contributed by atoms with Crippen LogP contribution in [0.2, 0.25) is 0 Å². The summed E-state index contributed by atoms with van der Waals surface area (Å²) in [6.07, 6.45) is 2.62. The molecular weight excluding hydrogens is 378 g/mol. The van der Waals surface area contributed by atoms with Gasteiger partial charge in [-0.25, -0.2) is 0 Å². The summed E-state index contributed by atoms with van der Waals surface area (Å²) in [6, 6.07) is 13.7. The third-order valence-corrected chi connectivity index (χ3v) is 5.29. The van der Waals surface area contributed by atoms with Crippen molar-refractivity contribution in [3.63, 3.8) is 0 Å². The van der Waals surface area contributed by atoms with Crippen LogP contribution in [0.4, 0.5) is 0 Å². The summed E-state index contributed by atoms with van der Waals surface area (Å²) in [5.74, 6) is 1.54. The Morgan fingerprint density at radius 2 is 1.67 bits per heavy atom. The Labute approximate surface area is 168 Å². The second kappa shape index (κ2) is 9.06. The van der Waals surface area contributed by atoms with E-state index in [1.807, 2.05) is 36.4 Å². The fourth-order valence-electron chi connectivity index (χ4n) is 2.48. The first kappa shape index (κ1) is 19.5. The smallest absolute Gasteiger partial charge is 0.263 e. The van der Waals surface area contributed by atoms with Crippen LogP contribution in [0, 0.1) is 13.8 Å². The number of hydrogen-bond donors (Lipinski definition) is 1. The maximum atomic E-state index is 11.7. The Morgan fingerprint density at radius 1 is 1.00 bits per heavy atom. The van der Waals surface area contributed by atoms with Crippen molar-refractivity contribution in [1.82, 2.24) is 5.32 Å². The average Bonchev–Trinajstić information content (AvgIpc) is 2.96. The molecule has 1 amide bonds. The van der Waals surface area contributed by atoms with Crippen molar-refractivity contribution in [3.8, 4) is 11.5 Å². The van der Waals surface area contributed by atoms with Crippen molar-refractivity contribution < 1.29 is 14.3 Å². The lowest BCUT2D eigenvalue weighted by atomic mass is 10.1. The van der Waals surface area contributed by atoms with Gasteiger partial charge in [0.15, 0.2) is 0 Å². The zero-order chi connectivity index (χ0) is 19.2. The van der Waals surface area contributed by atoms with Gasteiger partial charge in [-0.05, 0) is 60.9 Å². The number of amides is 1. The minimum absolute atomic E-state index is 0.144. The molecule has 1 aliphatic rings. The fraction of sp³-hybridized carbons (Fsp3) is 0.238. The molecule has 0 spiro atoms. The minimum atomic E-state index is -0.144. The quantitative estimate of drug-likeness (QED) is 0.418. The highest BCUT2D eigenvalue weighted by Crippen LogP contribution is 2.26. The van der Waals surface area contributed by atoms with Crippen LogP contribution in [0.25, 0.3) is 6.08 Å². The molecule has 0 saturated carbocycles. The Balaban J connectivity index is 1.42. The number of carbonyl (C=O) groups excluding carboxylic acids is 1. The maximum absolute atomic E-state index is 11.7. The number of nitrogens with one attached hydrogen (secondary N) is 1. The van der Waals surface area contributed by atoms with E-state index in [0.717, 1.165) is 23.5 Å². The van der Waals surface area contributed by atoms with E-state index in [-0.39, 0.29) is 5.91 Å². The van der Waals surface area contributed by atoms with Gasteiger partial charge in [-0.1, -0.05) is 42.2 Å². The number of hydrogen-bond acceptors (Lipinski definition) is 5. The van der Waals surface area contributed by atoms with Crippen LogP contribution in [-0.4, -0.2) is 23.4 Å². The van der Waals surface area contributed by atoms with Gasteiger partial charge in [0, 0.05) is 6.42 Å². The van der Waals surface area contributed by atoms with Crippen LogP contribution in [0.5, 0.6) is 11.5 Å². The monoisotopic (exact) mass is 399 g/mol. The third kappa shape index (κ3) is 5.58. The molecule has 0 atom stereocenters. The van der Waals surface area contributed by atoms with E-state index < -0.39 is 0 Å². The molecule has 0 radical (unpaired) electrons. The van der Waals surface area contributed by atoms with Gasteiger partial charge in [-0.15, -0.1) is 0 Å². The molecule has 6 heteroatoms. The molecule has 1 fully saturated rings. The zero-order valence-corrected chi connectivity index (χ0v) is 16.9. The topological polar surface area (TPSA) is 47.6 Å². The molecule has 0 aromatic heterocycles. The van der Waals surface area contributed by atoms with Gasteiger partial charge in [0.25, 0.3) is 5.91 Å². The lowest BCUT2D eigenvalue weighted by Crippen LogP contribution is -2.17. The van der Waals surface area contributed by atoms with Gasteiger partial charge in [0.1, 0.15) is 15.8 Å². The molecular formula is C21H21NO3S2. The van der Waals surface area contributed by atoms with Crippen LogP contribution < -0.4 is 14.8 Å². The summed E-state index contributed by atoms with van der Waals surface area (Å²) in [5, 5.41) is 2.61. The average molecular weight is 400 g/mol. The molecule has 0 unspecified atom stereocenters. The van der Waals surface area contributed by atoms with Gasteiger partial charge in [0.2, 0.25) is 0 Å². The van der Waals surface area contributed by atoms with E-state index in [1.165, 1.54) is 22.9 Å². The van der Waals surface area contributed by atoms with Gasteiger partial charge in [-0.3, -0.25) is 4.79 Å². The Kier molecular flexibility index (Phi) is 6.53. The van der Waals surface area contributed by atoms with E-state index in [1.54, 1.807) is 0 Å². The maximum Gasteiger partial charge on any atom is 0.263 e. The largest absolute Gasteiger partial charge is 0.493 e. The standard InChI is InChI=1S/C21H21NO3S2/c1-14-4-7-18(12-15(14)2)25-11-3-10-24-17-8-5-16(6-9-17)13-19-20(23)22-21(26)27-19/h4-9,12-13H,3,10-11H2,1-2H3,(H,22,23,26)/b19-13-. The lowest BCUT2D eigenvalue weighted by molar-refractivity contribution is -0.115. The van der Waals surface area contributed by atoms with Gasteiger partial charge < -0.3 is 14.8 Å². The van der Waals surface area contributed by atoms with Crippen molar-refractivity contribution in [2.24, 2.45) is 0 Å².